The van der Waals surface area contributed by atoms with Crippen LogP contribution in [0.25, 0.3) is 0 Å². The molecule has 0 saturated carbocycles. The van der Waals surface area contributed by atoms with E-state index < -0.39 is 0 Å². The van der Waals surface area contributed by atoms with Crippen LogP contribution in [-0.2, 0) is 11.3 Å². The van der Waals surface area contributed by atoms with E-state index in [4.69, 9.17) is 4.74 Å². The van der Waals surface area contributed by atoms with Crippen molar-refractivity contribution in [3.05, 3.63) is 70.8 Å². The molecule has 0 radical (unpaired) electrons. The Labute approximate surface area is 204 Å². The van der Waals surface area contributed by atoms with Gasteiger partial charge in [0.2, 0.25) is 0 Å². The number of ether oxygens (including phenoxy) is 1. The van der Waals surface area contributed by atoms with Gasteiger partial charge in [-0.25, -0.2) is 0 Å². The summed E-state index contributed by atoms with van der Waals surface area (Å²) >= 11 is 0. The Bertz CT molecular complexity index is 835. The fourth-order valence-electron chi connectivity index (χ4n) is 4.12. The molecule has 1 fully saturated rings. The summed E-state index contributed by atoms with van der Waals surface area (Å²) in [6, 6.07) is 17.5. The number of benzene rings is 2. The van der Waals surface area contributed by atoms with E-state index in [1.807, 2.05) is 7.05 Å². The van der Waals surface area contributed by atoms with E-state index in [9.17, 15) is 0 Å². The van der Waals surface area contributed by atoms with Crippen LogP contribution in [0.5, 0.6) is 0 Å². The molecule has 3 rings (SSSR count). The average Bonchev–Trinajstić information content (AvgIpc) is 2.76. The molecule has 0 aliphatic carbocycles. The molecule has 1 aliphatic heterocycles. The summed E-state index contributed by atoms with van der Waals surface area (Å²) in [5, 5.41) is 10.9. The molecule has 1 aliphatic rings. The summed E-state index contributed by atoms with van der Waals surface area (Å²) in [4.78, 5) is 4.44. The third kappa shape index (κ3) is 7.47. The smallest absolute Gasteiger partial charge is 0.191 e. The van der Waals surface area contributed by atoms with E-state index >= 15 is 0 Å². The van der Waals surface area contributed by atoms with Crippen LogP contribution in [0, 0.1) is 13.8 Å². The summed E-state index contributed by atoms with van der Waals surface area (Å²) < 4.78 is 5.66. The molecule has 31 heavy (non-hydrogen) atoms. The average molecular weight is 537 g/mol. The second kappa shape index (κ2) is 12.4. The third-order valence-electron chi connectivity index (χ3n) is 6.03. The van der Waals surface area contributed by atoms with E-state index in [2.05, 4.69) is 90.2 Å². The van der Waals surface area contributed by atoms with Gasteiger partial charge in [0.05, 0.1) is 0 Å². The van der Waals surface area contributed by atoms with Gasteiger partial charge < -0.3 is 20.7 Å². The largest absolute Gasteiger partial charge is 0.381 e. The fraction of sp³-hybridized carbons (Fsp3) is 0.480. The molecule has 0 aromatic heterocycles. The maximum Gasteiger partial charge on any atom is 0.191 e. The number of hydrogen-bond acceptors (Lipinski definition) is 3. The van der Waals surface area contributed by atoms with Crippen molar-refractivity contribution in [1.82, 2.24) is 16.0 Å². The maximum absolute atomic E-state index is 5.66. The number of aryl methyl sites for hydroxylation is 2. The van der Waals surface area contributed by atoms with E-state index in [0.29, 0.717) is 0 Å². The summed E-state index contributed by atoms with van der Waals surface area (Å²) in [6.07, 6.45) is 1.95. The SMILES string of the molecule is CN=C(NCc1ccc(C)cc1C)NCC1(NC(C)c2ccccc2)CCOCC1.I. The molecule has 0 spiro atoms. The first-order valence-electron chi connectivity index (χ1n) is 10.9. The van der Waals surface area contributed by atoms with E-state index in [1.54, 1.807) is 0 Å². The Kier molecular flexibility index (Phi) is 10.3. The van der Waals surface area contributed by atoms with Crippen molar-refractivity contribution in [1.29, 1.82) is 0 Å². The van der Waals surface area contributed by atoms with Crippen LogP contribution in [0.4, 0.5) is 0 Å². The Morgan fingerprint density at radius 1 is 1.06 bits per heavy atom. The third-order valence-corrected chi connectivity index (χ3v) is 6.03. The minimum absolute atomic E-state index is 0. The molecule has 170 valence electrons. The summed E-state index contributed by atoms with van der Waals surface area (Å²) in [5.41, 5.74) is 5.17. The van der Waals surface area contributed by atoms with Crippen LogP contribution >= 0.6 is 24.0 Å². The predicted molar refractivity (Wildman–Crippen MR) is 140 cm³/mol. The standard InChI is InChI=1S/C25H36N4O.HI/c1-19-10-11-23(20(2)16-19)17-27-24(26-4)28-18-25(12-14-30-15-13-25)29-21(3)22-8-6-5-7-9-22;/h5-11,16,21,29H,12-15,17-18H2,1-4H3,(H2,26,27,28);1H. The van der Waals surface area contributed by atoms with Gasteiger partial charge in [-0.1, -0.05) is 54.1 Å². The zero-order valence-electron chi connectivity index (χ0n) is 19.2. The van der Waals surface area contributed by atoms with Crippen molar-refractivity contribution in [3.63, 3.8) is 0 Å². The van der Waals surface area contributed by atoms with Crippen LogP contribution in [0.1, 0.15) is 48.1 Å². The van der Waals surface area contributed by atoms with Crippen molar-refractivity contribution < 1.29 is 4.74 Å². The highest BCUT2D eigenvalue weighted by atomic mass is 127. The van der Waals surface area contributed by atoms with Gasteiger partial charge in [-0.2, -0.15) is 0 Å². The van der Waals surface area contributed by atoms with Gasteiger partial charge in [-0.05, 0) is 50.3 Å². The quantitative estimate of drug-likeness (QED) is 0.278. The molecule has 2 aromatic rings. The van der Waals surface area contributed by atoms with E-state index in [0.717, 1.165) is 45.1 Å². The number of nitrogens with one attached hydrogen (secondary N) is 3. The molecule has 0 bridgehead atoms. The van der Waals surface area contributed by atoms with Gasteiger partial charge in [-0.3, -0.25) is 4.99 Å². The first-order valence-corrected chi connectivity index (χ1v) is 10.9. The second-order valence-corrected chi connectivity index (χ2v) is 8.38. The Hall–Kier alpha value is -1.64. The lowest BCUT2D eigenvalue weighted by molar-refractivity contribution is 0.0355. The minimum Gasteiger partial charge on any atom is -0.381 e. The molecule has 1 saturated heterocycles. The number of guanidine groups is 1. The number of hydrogen-bond donors (Lipinski definition) is 3. The zero-order chi connectivity index (χ0) is 21.4. The summed E-state index contributed by atoms with van der Waals surface area (Å²) in [5.74, 6) is 0.829. The number of halogens is 1. The molecular formula is C25H37IN4O. The van der Waals surface area contributed by atoms with Gasteiger partial charge in [0.1, 0.15) is 0 Å². The predicted octanol–water partition coefficient (Wildman–Crippen LogP) is 4.49. The van der Waals surface area contributed by atoms with Gasteiger partial charge in [0.25, 0.3) is 0 Å². The number of nitrogens with zero attached hydrogens (tertiary/aromatic N) is 1. The molecule has 2 aromatic carbocycles. The lowest BCUT2D eigenvalue weighted by Crippen LogP contribution is -2.58. The van der Waals surface area contributed by atoms with Crippen molar-refractivity contribution in [2.45, 2.75) is 51.7 Å². The van der Waals surface area contributed by atoms with Gasteiger partial charge in [0, 0.05) is 44.9 Å². The molecule has 0 amide bonds. The van der Waals surface area contributed by atoms with Crippen LogP contribution in [0.15, 0.2) is 53.5 Å². The number of rotatable bonds is 7. The topological polar surface area (TPSA) is 57.7 Å². The van der Waals surface area contributed by atoms with Gasteiger partial charge in [-0.15, -0.1) is 24.0 Å². The van der Waals surface area contributed by atoms with E-state index in [-0.39, 0.29) is 35.6 Å². The molecular weight excluding hydrogens is 499 g/mol. The van der Waals surface area contributed by atoms with Crippen LogP contribution in [0.3, 0.4) is 0 Å². The molecule has 6 heteroatoms. The lowest BCUT2D eigenvalue weighted by Gasteiger charge is -2.41. The van der Waals surface area contributed by atoms with Crippen molar-refractivity contribution in [3.8, 4) is 0 Å². The highest BCUT2D eigenvalue weighted by molar-refractivity contribution is 14.0. The molecule has 1 heterocycles. The lowest BCUT2D eigenvalue weighted by atomic mass is 9.88. The molecule has 1 unspecified atom stereocenters. The zero-order valence-corrected chi connectivity index (χ0v) is 21.5. The van der Waals surface area contributed by atoms with Crippen LogP contribution in [0.2, 0.25) is 0 Å². The highest BCUT2D eigenvalue weighted by Crippen LogP contribution is 2.25. The van der Waals surface area contributed by atoms with Crippen LogP contribution in [-0.4, -0.2) is 38.3 Å². The Morgan fingerprint density at radius 3 is 2.42 bits per heavy atom. The van der Waals surface area contributed by atoms with Crippen molar-refractivity contribution in [2.75, 3.05) is 26.8 Å². The summed E-state index contributed by atoms with van der Waals surface area (Å²) in [6.45, 7) is 9.65. The Balaban J connectivity index is 0.00000341. The molecule has 5 nitrogen and oxygen atoms in total. The monoisotopic (exact) mass is 536 g/mol. The number of aliphatic imine (C=N–C) groups is 1. The summed E-state index contributed by atoms with van der Waals surface area (Å²) in [7, 11) is 1.83. The molecule has 1 atom stereocenters. The Morgan fingerprint density at radius 2 is 1.77 bits per heavy atom. The minimum atomic E-state index is -0.0229. The highest BCUT2D eigenvalue weighted by Gasteiger charge is 2.34. The van der Waals surface area contributed by atoms with Crippen LogP contribution < -0.4 is 16.0 Å². The van der Waals surface area contributed by atoms with Gasteiger partial charge in [0.15, 0.2) is 5.96 Å². The van der Waals surface area contributed by atoms with Crippen molar-refractivity contribution in [2.24, 2.45) is 4.99 Å². The first-order chi connectivity index (χ1) is 14.5. The second-order valence-electron chi connectivity index (χ2n) is 8.38. The normalized spacial score (nSPS) is 16.8. The maximum atomic E-state index is 5.66. The first kappa shape index (κ1) is 25.6. The van der Waals surface area contributed by atoms with E-state index in [1.165, 1.54) is 22.3 Å². The fourth-order valence-corrected chi connectivity index (χ4v) is 4.12. The molecule has 3 N–H and O–H groups in total. The van der Waals surface area contributed by atoms with Gasteiger partial charge >= 0.3 is 0 Å². The van der Waals surface area contributed by atoms with Crippen molar-refractivity contribution >= 4 is 29.9 Å².